The number of halogens is 3. The maximum absolute atomic E-state index is 14.1. The Balaban J connectivity index is 2.00. The molecule has 2 nitrogen and oxygen atoms in total. The lowest BCUT2D eigenvalue weighted by molar-refractivity contribution is 0.589. The van der Waals surface area contributed by atoms with Gasteiger partial charge in [0.2, 0.25) is 0 Å². The summed E-state index contributed by atoms with van der Waals surface area (Å²) in [6.07, 6.45) is 0. The Morgan fingerprint density at radius 2 is 1.79 bits per heavy atom. The van der Waals surface area contributed by atoms with E-state index in [0.29, 0.717) is 23.0 Å². The number of hydrogen-bond acceptors (Lipinski definition) is 2. The van der Waals surface area contributed by atoms with Crippen molar-refractivity contribution in [2.75, 3.05) is 5.43 Å². The fourth-order valence-corrected chi connectivity index (χ4v) is 3.04. The average molecular weight is 388 g/mol. The molecule has 5 heteroatoms. The largest absolute Gasteiger partial charge is 0.321 e. The Morgan fingerprint density at radius 1 is 1.05 bits per heavy atom. The minimum Gasteiger partial charge on any atom is -0.321 e. The van der Waals surface area contributed by atoms with Crippen molar-refractivity contribution in [3.05, 3.63) is 63.9 Å². The molecule has 0 aliphatic rings. The zero-order chi connectivity index (χ0) is 13.7. The molecule has 0 saturated heterocycles. The van der Waals surface area contributed by atoms with Gasteiger partial charge in [0.25, 0.3) is 0 Å². The van der Waals surface area contributed by atoms with Crippen LogP contribution in [0.15, 0.2) is 46.9 Å². The van der Waals surface area contributed by atoms with E-state index < -0.39 is 0 Å². The lowest BCUT2D eigenvalue weighted by Gasteiger charge is -2.11. The van der Waals surface area contributed by atoms with Crippen molar-refractivity contribution in [1.82, 2.24) is 5.43 Å². The molecule has 100 valence electrons. The topological polar surface area (TPSA) is 24.1 Å². The molecule has 0 aromatic heterocycles. The van der Waals surface area contributed by atoms with E-state index in [1.165, 1.54) is 0 Å². The molecule has 19 heavy (non-hydrogen) atoms. The molecule has 0 radical (unpaired) electrons. The smallest absolute Gasteiger partial charge is 0.132 e. The molecule has 0 aliphatic carbocycles. The first-order chi connectivity index (χ1) is 9.22. The van der Waals surface area contributed by atoms with Gasteiger partial charge in [-0.3, -0.25) is 0 Å². The Labute approximate surface area is 128 Å². The van der Waals surface area contributed by atoms with Gasteiger partial charge in [0, 0.05) is 33.2 Å². The van der Waals surface area contributed by atoms with Crippen LogP contribution in [-0.2, 0) is 11.9 Å². The van der Waals surface area contributed by atoms with Crippen molar-refractivity contribution < 1.29 is 4.39 Å². The van der Waals surface area contributed by atoms with E-state index in [4.69, 9.17) is 0 Å². The average Bonchev–Trinajstić information content (AvgIpc) is 2.43. The van der Waals surface area contributed by atoms with Gasteiger partial charge in [-0.1, -0.05) is 56.1 Å². The van der Waals surface area contributed by atoms with E-state index >= 15 is 0 Å². The summed E-state index contributed by atoms with van der Waals surface area (Å²) >= 11 is 6.63. The van der Waals surface area contributed by atoms with Crippen LogP contribution in [0.25, 0.3) is 0 Å². The molecule has 0 spiro atoms. The maximum atomic E-state index is 14.1. The Bertz CT molecular complexity index is 547. The van der Waals surface area contributed by atoms with Crippen LogP contribution in [0, 0.1) is 5.82 Å². The predicted molar refractivity (Wildman–Crippen MR) is 83.6 cm³/mol. The first-order valence-electron chi connectivity index (χ1n) is 5.78. The third-order valence-corrected chi connectivity index (χ3v) is 3.99. The van der Waals surface area contributed by atoms with Crippen LogP contribution >= 0.6 is 31.9 Å². The van der Waals surface area contributed by atoms with Gasteiger partial charge in [-0.15, -0.1) is 0 Å². The number of rotatable bonds is 5. The molecule has 0 atom stereocenters. The summed E-state index contributed by atoms with van der Waals surface area (Å²) in [4.78, 5) is 0. The molecular formula is C14H13Br2FN2. The summed E-state index contributed by atoms with van der Waals surface area (Å²) in [5.74, 6) is -0.186. The van der Waals surface area contributed by atoms with Crippen LogP contribution < -0.4 is 10.9 Å². The van der Waals surface area contributed by atoms with Crippen LogP contribution in [0.3, 0.4) is 0 Å². The highest BCUT2D eigenvalue weighted by molar-refractivity contribution is 9.10. The summed E-state index contributed by atoms with van der Waals surface area (Å²) < 4.78 is 14.9. The summed E-state index contributed by atoms with van der Waals surface area (Å²) in [7, 11) is 0. The van der Waals surface area contributed by atoms with Gasteiger partial charge >= 0.3 is 0 Å². The van der Waals surface area contributed by atoms with Crippen LogP contribution in [-0.4, -0.2) is 0 Å². The number of benzene rings is 2. The second kappa shape index (κ2) is 7.03. The summed E-state index contributed by atoms with van der Waals surface area (Å²) in [5, 5.41) is 0.485. The number of nitrogens with one attached hydrogen (secondary N) is 2. The summed E-state index contributed by atoms with van der Waals surface area (Å²) in [6.45, 7) is 0.411. The molecule has 0 amide bonds. The Hall–Kier alpha value is -0.910. The minimum atomic E-state index is -0.186. The third kappa shape index (κ3) is 3.78. The van der Waals surface area contributed by atoms with E-state index in [-0.39, 0.29) is 5.82 Å². The molecule has 2 N–H and O–H groups in total. The Morgan fingerprint density at radius 3 is 2.47 bits per heavy atom. The molecule has 0 fully saturated rings. The van der Waals surface area contributed by atoms with Gasteiger partial charge in [-0.05, 0) is 18.2 Å². The fraction of sp³-hybridized carbons (Fsp3) is 0.143. The predicted octanol–water partition coefficient (Wildman–Crippen LogP) is 4.60. The second-order valence-corrected chi connectivity index (χ2v) is 5.39. The standard InChI is InChI=1S/C14H13Br2FN2/c15-8-12-13(16)7-6-10(14(12)17)9-18-19-11-4-2-1-3-5-11/h1-7,18-19H,8-9H2. The third-order valence-electron chi connectivity index (χ3n) is 2.68. The molecule has 0 saturated carbocycles. The molecule has 0 unspecified atom stereocenters. The van der Waals surface area contributed by atoms with Crippen LogP contribution in [0.2, 0.25) is 0 Å². The van der Waals surface area contributed by atoms with Crippen molar-refractivity contribution in [3.8, 4) is 0 Å². The van der Waals surface area contributed by atoms with Gasteiger partial charge in [-0.2, -0.15) is 0 Å². The highest BCUT2D eigenvalue weighted by Crippen LogP contribution is 2.25. The molecule has 2 aromatic carbocycles. The lowest BCUT2D eigenvalue weighted by Crippen LogP contribution is -2.21. The quantitative estimate of drug-likeness (QED) is 0.578. The minimum absolute atomic E-state index is 0.186. The van der Waals surface area contributed by atoms with Gasteiger partial charge in [0.15, 0.2) is 0 Å². The number of hydrogen-bond donors (Lipinski definition) is 2. The monoisotopic (exact) mass is 386 g/mol. The van der Waals surface area contributed by atoms with E-state index in [1.54, 1.807) is 6.07 Å². The van der Waals surface area contributed by atoms with Crippen molar-refractivity contribution in [3.63, 3.8) is 0 Å². The van der Waals surface area contributed by atoms with Gasteiger partial charge < -0.3 is 5.43 Å². The van der Waals surface area contributed by atoms with Gasteiger partial charge in [0.1, 0.15) is 5.82 Å². The summed E-state index contributed by atoms with van der Waals surface area (Å²) in [6, 6.07) is 13.3. The molecule has 2 rings (SSSR count). The van der Waals surface area contributed by atoms with Gasteiger partial charge in [0.05, 0.1) is 0 Å². The van der Waals surface area contributed by atoms with E-state index in [2.05, 4.69) is 42.7 Å². The summed E-state index contributed by atoms with van der Waals surface area (Å²) in [5.41, 5.74) is 8.25. The molecule has 0 heterocycles. The first-order valence-corrected chi connectivity index (χ1v) is 7.69. The van der Waals surface area contributed by atoms with Crippen molar-refractivity contribution in [2.24, 2.45) is 0 Å². The van der Waals surface area contributed by atoms with Crippen molar-refractivity contribution in [2.45, 2.75) is 11.9 Å². The highest BCUT2D eigenvalue weighted by Gasteiger charge is 2.10. The van der Waals surface area contributed by atoms with Crippen LogP contribution in [0.5, 0.6) is 0 Å². The first kappa shape index (κ1) is 14.5. The maximum Gasteiger partial charge on any atom is 0.132 e. The molecule has 2 aromatic rings. The van der Waals surface area contributed by atoms with Crippen LogP contribution in [0.1, 0.15) is 11.1 Å². The number of hydrazine groups is 1. The van der Waals surface area contributed by atoms with E-state index in [9.17, 15) is 4.39 Å². The molecule has 0 bridgehead atoms. The van der Waals surface area contributed by atoms with E-state index in [1.807, 2.05) is 36.4 Å². The molecular weight excluding hydrogens is 375 g/mol. The Kier molecular flexibility index (Phi) is 5.36. The second-order valence-electron chi connectivity index (χ2n) is 3.98. The lowest BCUT2D eigenvalue weighted by atomic mass is 10.1. The normalized spacial score (nSPS) is 10.5. The number of alkyl halides is 1. The van der Waals surface area contributed by atoms with Crippen molar-refractivity contribution >= 4 is 37.5 Å². The number of para-hydroxylation sites is 1. The van der Waals surface area contributed by atoms with E-state index in [0.717, 1.165) is 10.2 Å². The SMILES string of the molecule is Fc1c(CNNc2ccccc2)ccc(Br)c1CBr. The zero-order valence-corrected chi connectivity index (χ0v) is 13.3. The van der Waals surface area contributed by atoms with Gasteiger partial charge in [-0.25, -0.2) is 9.82 Å². The van der Waals surface area contributed by atoms with Crippen molar-refractivity contribution in [1.29, 1.82) is 0 Å². The number of anilines is 1. The van der Waals surface area contributed by atoms with Crippen LogP contribution in [0.4, 0.5) is 10.1 Å². The molecule has 0 aliphatic heterocycles. The fourth-order valence-electron chi connectivity index (χ4n) is 1.67. The zero-order valence-electron chi connectivity index (χ0n) is 10.1. The highest BCUT2D eigenvalue weighted by atomic mass is 79.9.